The van der Waals surface area contributed by atoms with Crippen LogP contribution in [0.15, 0.2) is 59.5 Å². The van der Waals surface area contributed by atoms with E-state index in [1.807, 2.05) is 0 Å². The third-order valence-electron chi connectivity index (χ3n) is 3.76. The maximum Gasteiger partial charge on any atom is 0.347 e. The molecular weight excluding hydrogens is 354 g/mol. The van der Waals surface area contributed by atoms with E-state index in [1.54, 1.807) is 61.5 Å². The monoisotopic (exact) mass is 377 g/mol. The lowest BCUT2D eigenvalue weighted by atomic mass is 10.1. The molecule has 0 fully saturated rings. The summed E-state index contributed by atoms with van der Waals surface area (Å²) in [5.74, 6) is -0.607. The van der Waals surface area contributed by atoms with Crippen molar-refractivity contribution in [2.45, 2.75) is 43.7 Å². The van der Waals surface area contributed by atoms with Crippen LogP contribution in [0.1, 0.15) is 26.3 Å². The number of benzene rings is 2. The van der Waals surface area contributed by atoms with Gasteiger partial charge in [0.15, 0.2) is 5.60 Å². The average molecular weight is 377 g/mol. The average Bonchev–Trinajstić information content (AvgIpc) is 2.56. The fraction of sp³-hybridized carbons (Fsp3) is 0.316. The van der Waals surface area contributed by atoms with Gasteiger partial charge in [-0.2, -0.15) is 0 Å². The van der Waals surface area contributed by atoms with Crippen molar-refractivity contribution >= 4 is 16.0 Å². The highest BCUT2D eigenvalue weighted by atomic mass is 32.2. The predicted octanol–water partition coefficient (Wildman–Crippen LogP) is 2.84. The SMILES string of the molecule is CC(Cc1ccc(OC(C)(C)C(=O)O)cc1)NS(=O)(=O)c1ccccc1. The molecular formula is C19H23NO5S. The van der Waals surface area contributed by atoms with E-state index in [0.717, 1.165) is 5.56 Å². The molecule has 0 aromatic heterocycles. The number of carbonyl (C=O) groups is 1. The lowest BCUT2D eigenvalue weighted by molar-refractivity contribution is -0.152. The van der Waals surface area contributed by atoms with Crippen LogP contribution in [-0.2, 0) is 21.2 Å². The Kier molecular flexibility index (Phi) is 6.05. The Labute approximate surface area is 153 Å². The molecule has 0 aliphatic heterocycles. The number of nitrogens with one attached hydrogen (secondary N) is 1. The molecule has 0 radical (unpaired) electrons. The van der Waals surface area contributed by atoms with Gasteiger partial charge in [-0.25, -0.2) is 17.9 Å². The van der Waals surface area contributed by atoms with E-state index in [4.69, 9.17) is 9.84 Å². The lowest BCUT2D eigenvalue weighted by Crippen LogP contribution is -2.37. The van der Waals surface area contributed by atoms with Crippen LogP contribution in [0.5, 0.6) is 5.75 Å². The van der Waals surface area contributed by atoms with Crippen molar-refractivity contribution in [2.75, 3.05) is 0 Å². The molecule has 0 saturated heterocycles. The first-order chi connectivity index (χ1) is 12.1. The summed E-state index contributed by atoms with van der Waals surface area (Å²) in [5, 5.41) is 9.09. The first-order valence-corrected chi connectivity index (χ1v) is 9.67. The summed E-state index contributed by atoms with van der Waals surface area (Å²) in [4.78, 5) is 11.3. The molecule has 0 saturated carbocycles. The van der Waals surface area contributed by atoms with Gasteiger partial charge in [-0.3, -0.25) is 0 Å². The highest BCUT2D eigenvalue weighted by Crippen LogP contribution is 2.20. The number of rotatable bonds is 8. The molecule has 0 aliphatic rings. The second-order valence-electron chi connectivity index (χ2n) is 6.60. The number of sulfonamides is 1. The molecule has 0 aliphatic carbocycles. The van der Waals surface area contributed by atoms with Gasteiger partial charge < -0.3 is 9.84 Å². The minimum atomic E-state index is -3.56. The Morgan fingerprint density at radius 3 is 2.23 bits per heavy atom. The van der Waals surface area contributed by atoms with Gasteiger partial charge in [-0.1, -0.05) is 30.3 Å². The summed E-state index contributed by atoms with van der Waals surface area (Å²) >= 11 is 0. The van der Waals surface area contributed by atoms with E-state index in [-0.39, 0.29) is 10.9 Å². The van der Waals surface area contributed by atoms with E-state index >= 15 is 0 Å². The molecule has 1 unspecified atom stereocenters. The van der Waals surface area contributed by atoms with Gasteiger partial charge in [0.2, 0.25) is 10.0 Å². The Morgan fingerprint density at radius 1 is 1.12 bits per heavy atom. The van der Waals surface area contributed by atoms with Crippen molar-refractivity contribution in [3.05, 3.63) is 60.2 Å². The standard InChI is InChI=1S/C19H23NO5S/c1-14(20-26(23,24)17-7-5-4-6-8-17)13-15-9-11-16(12-10-15)25-19(2,3)18(21)22/h4-12,14,20H,13H2,1-3H3,(H,21,22). The van der Waals surface area contributed by atoms with Gasteiger partial charge in [-0.05, 0) is 57.0 Å². The molecule has 0 amide bonds. The number of carboxylic acids is 1. The maximum atomic E-state index is 12.3. The molecule has 140 valence electrons. The molecule has 2 rings (SSSR count). The predicted molar refractivity (Wildman–Crippen MR) is 98.7 cm³/mol. The summed E-state index contributed by atoms with van der Waals surface area (Å²) in [6, 6.07) is 14.8. The second-order valence-corrected chi connectivity index (χ2v) is 8.31. The van der Waals surface area contributed by atoms with Gasteiger partial charge in [-0.15, -0.1) is 0 Å². The summed E-state index contributed by atoms with van der Waals surface area (Å²) in [5.41, 5.74) is -0.408. The molecule has 7 heteroatoms. The first kappa shape index (κ1) is 19.9. The normalized spacial score (nSPS) is 13.2. The second kappa shape index (κ2) is 7.88. The van der Waals surface area contributed by atoms with Crippen molar-refractivity contribution in [3.8, 4) is 5.75 Å². The van der Waals surface area contributed by atoms with Crippen molar-refractivity contribution < 1.29 is 23.1 Å². The topological polar surface area (TPSA) is 92.7 Å². The van der Waals surface area contributed by atoms with E-state index in [1.165, 1.54) is 13.8 Å². The summed E-state index contributed by atoms with van der Waals surface area (Å²) in [6.45, 7) is 4.74. The van der Waals surface area contributed by atoms with Crippen LogP contribution < -0.4 is 9.46 Å². The zero-order valence-corrected chi connectivity index (χ0v) is 15.8. The summed E-state index contributed by atoms with van der Waals surface area (Å²) < 4.78 is 32.7. The number of hydrogen-bond acceptors (Lipinski definition) is 4. The van der Waals surface area contributed by atoms with Crippen LogP contribution in [0.3, 0.4) is 0 Å². The van der Waals surface area contributed by atoms with E-state index in [9.17, 15) is 13.2 Å². The van der Waals surface area contributed by atoms with Crippen LogP contribution >= 0.6 is 0 Å². The summed E-state index contributed by atoms with van der Waals surface area (Å²) in [7, 11) is -3.56. The van der Waals surface area contributed by atoms with Crippen molar-refractivity contribution in [1.29, 1.82) is 0 Å². The first-order valence-electron chi connectivity index (χ1n) is 8.19. The highest BCUT2D eigenvalue weighted by molar-refractivity contribution is 7.89. The fourth-order valence-electron chi connectivity index (χ4n) is 2.36. The molecule has 6 nitrogen and oxygen atoms in total. The minimum absolute atomic E-state index is 0.228. The van der Waals surface area contributed by atoms with Crippen molar-refractivity contribution in [1.82, 2.24) is 4.72 Å². The molecule has 26 heavy (non-hydrogen) atoms. The molecule has 0 bridgehead atoms. The Bertz CT molecular complexity index is 845. The van der Waals surface area contributed by atoms with Crippen LogP contribution in [0.2, 0.25) is 0 Å². The zero-order chi connectivity index (χ0) is 19.4. The Hall–Kier alpha value is -2.38. The van der Waals surface area contributed by atoms with Crippen molar-refractivity contribution in [2.24, 2.45) is 0 Å². The van der Waals surface area contributed by atoms with E-state index < -0.39 is 21.6 Å². The third-order valence-corrected chi connectivity index (χ3v) is 5.37. The Balaban J connectivity index is 1.99. The molecule has 0 spiro atoms. The third kappa shape index (κ3) is 5.31. The maximum absolute atomic E-state index is 12.3. The van der Waals surface area contributed by atoms with Crippen LogP contribution in [0.4, 0.5) is 0 Å². The fourth-order valence-corrected chi connectivity index (χ4v) is 3.62. The van der Waals surface area contributed by atoms with E-state index in [2.05, 4.69) is 4.72 Å². The molecule has 0 heterocycles. The van der Waals surface area contributed by atoms with Gasteiger partial charge in [0.25, 0.3) is 0 Å². The van der Waals surface area contributed by atoms with Crippen LogP contribution in [0, 0.1) is 0 Å². The lowest BCUT2D eigenvalue weighted by Gasteiger charge is -2.21. The Morgan fingerprint density at radius 2 is 1.69 bits per heavy atom. The van der Waals surface area contributed by atoms with E-state index in [0.29, 0.717) is 12.2 Å². The summed E-state index contributed by atoms with van der Waals surface area (Å²) in [6.07, 6.45) is 0.495. The molecule has 2 aromatic rings. The van der Waals surface area contributed by atoms with Crippen LogP contribution in [0.25, 0.3) is 0 Å². The van der Waals surface area contributed by atoms with Gasteiger partial charge in [0.05, 0.1) is 4.90 Å². The van der Waals surface area contributed by atoms with Gasteiger partial charge >= 0.3 is 5.97 Å². The van der Waals surface area contributed by atoms with Crippen molar-refractivity contribution in [3.63, 3.8) is 0 Å². The highest BCUT2D eigenvalue weighted by Gasteiger charge is 2.29. The molecule has 1 atom stereocenters. The van der Waals surface area contributed by atoms with Gasteiger partial charge in [0.1, 0.15) is 5.75 Å². The number of ether oxygens (including phenoxy) is 1. The van der Waals surface area contributed by atoms with Gasteiger partial charge in [0, 0.05) is 6.04 Å². The smallest absolute Gasteiger partial charge is 0.347 e. The number of aliphatic carboxylic acids is 1. The quantitative estimate of drug-likeness (QED) is 0.738. The molecule has 2 aromatic carbocycles. The minimum Gasteiger partial charge on any atom is -0.478 e. The largest absolute Gasteiger partial charge is 0.478 e. The van der Waals surface area contributed by atoms with Crippen LogP contribution in [-0.4, -0.2) is 31.1 Å². The number of carboxylic acid groups (broad SMARTS) is 1. The zero-order valence-electron chi connectivity index (χ0n) is 15.0. The molecule has 2 N–H and O–H groups in total. The number of hydrogen-bond donors (Lipinski definition) is 2.